The van der Waals surface area contributed by atoms with E-state index in [1.54, 1.807) is 14.2 Å². The van der Waals surface area contributed by atoms with Crippen molar-refractivity contribution in [2.45, 2.75) is 0 Å². The van der Waals surface area contributed by atoms with Crippen molar-refractivity contribution in [2.75, 3.05) is 27.8 Å². The van der Waals surface area contributed by atoms with Gasteiger partial charge in [-0.15, -0.1) is 0 Å². The Bertz CT molecular complexity index is 659. The lowest BCUT2D eigenvalue weighted by molar-refractivity contribution is 0.0516. The molecule has 0 aromatic heterocycles. The predicted octanol–water partition coefficient (Wildman–Crippen LogP) is 3.96. The number of benzene rings is 3. The number of rotatable bonds is 6. The SMILES string of the molecule is COCOc1c2ccccc2c(OCOC)c2ccccc12. The van der Waals surface area contributed by atoms with Gasteiger partial charge in [-0.1, -0.05) is 48.5 Å². The molecule has 0 bridgehead atoms. The molecule has 114 valence electrons. The quantitative estimate of drug-likeness (QED) is 0.510. The Morgan fingerprint density at radius 1 is 0.591 bits per heavy atom. The second-order valence-corrected chi connectivity index (χ2v) is 4.85. The normalized spacial score (nSPS) is 11.0. The van der Waals surface area contributed by atoms with Gasteiger partial charge in [-0.2, -0.15) is 0 Å². The van der Waals surface area contributed by atoms with Crippen molar-refractivity contribution in [3.8, 4) is 11.5 Å². The summed E-state index contributed by atoms with van der Waals surface area (Å²) in [5.41, 5.74) is 0. The zero-order valence-electron chi connectivity index (χ0n) is 12.7. The lowest BCUT2D eigenvalue weighted by Crippen LogP contribution is -2.03. The van der Waals surface area contributed by atoms with Gasteiger partial charge in [0.05, 0.1) is 0 Å². The average molecular weight is 298 g/mol. The third kappa shape index (κ3) is 2.58. The molecule has 4 heteroatoms. The fourth-order valence-corrected chi connectivity index (χ4v) is 2.60. The summed E-state index contributed by atoms with van der Waals surface area (Å²) in [5, 5.41) is 3.96. The van der Waals surface area contributed by atoms with Gasteiger partial charge in [0.25, 0.3) is 0 Å². The number of fused-ring (bicyclic) bond motifs is 2. The Morgan fingerprint density at radius 3 is 1.18 bits per heavy atom. The second kappa shape index (κ2) is 6.64. The third-order valence-corrected chi connectivity index (χ3v) is 3.47. The maximum Gasteiger partial charge on any atom is 0.188 e. The summed E-state index contributed by atoms with van der Waals surface area (Å²) < 4.78 is 21.8. The molecule has 3 rings (SSSR count). The largest absolute Gasteiger partial charge is 0.466 e. The summed E-state index contributed by atoms with van der Waals surface area (Å²) in [6.07, 6.45) is 0. The molecule has 0 aliphatic heterocycles. The van der Waals surface area contributed by atoms with E-state index in [4.69, 9.17) is 18.9 Å². The fourth-order valence-electron chi connectivity index (χ4n) is 2.60. The van der Waals surface area contributed by atoms with Crippen LogP contribution in [0, 0.1) is 0 Å². The van der Waals surface area contributed by atoms with E-state index in [0.717, 1.165) is 33.0 Å². The van der Waals surface area contributed by atoms with Gasteiger partial charge in [0.2, 0.25) is 0 Å². The lowest BCUT2D eigenvalue weighted by Gasteiger charge is -2.17. The standard InChI is InChI=1S/C18H18O4/c1-19-11-21-17-13-7-3-5-9-15(13)18(22-12-20-2)16-10-6-4-8-14(16)17/h3-10H,11-12H2,1-2H3. The molecule has 0 heterocycles. The fraction of sp³-hybridized carbons (Fsp3) is 0.222. The van der Waals surface area contributed by atoms with Crippen LogP contribution in [0.4, 0.5) is 0 Å². The molecule has 0 amide bonds. The molecule has 0 radical (unpaired) electrons. The van der Waals surface area contributed by atoms with Gasteiger partial charge in [-0.3, -0.25) is 0 Å². The van der Waals surface area contributed by atoms with Gasteiger partial charge < -0.3 is 18.9 Å². The second-order valence-electron chi connectivity index (χ2n) is 4.85. The van der Waals surface area contributed by atoms with Crippen LogP contribution in [-0.2, 0) is 9.47 Å². The van der Waals surface area contributed by atoms with Crippen molar-refractivity contribution in [2.24, 2.45) is 0 Å². The molecule has 0 fully saturated rings. The van der Waals surface area contributed by atoms with E-state index in [-0.39, 0.29) is 13.6 Å². The van der Waals surface area contributed by atoms with Crippen LogP contribution in [0.3, 0.4) is 0 Å². The number of methoxy groups -OCH3 is 2. The Hall–Kier alpha value is -2.30. The van der Waals surface area contributed by atoms with Gasteiger partial charge in [0.1, 0.15) is 11.5 Å². The minimum Gasteiger partial charge on any atom is -0.466 e. The summed E-state index contributed by atoms with van der Waals surface area (Å²) >= 11 is 0. The lowest BCUT2D eigenvalue weighted by atomic mass is 10.0. The van der Waals surface area contributed by atoms with Crippen LogP contribution in [0.15, 0.2) is 48.5 Å². The van der Waals surface area contributed by atoms with Crippen molar-refractivity contribution in [1.29, 1.82) is 0 Å². The molecule has 0 atom stereocenters. The summed E-state index contributed by atoms with van der Waals surface area (Å²) in [7, 11) is 3.22. The monoisotopic (exact) mass is 298 g/mol. The summed E-state index contributed by atoms with van der Waals surface area (Å²) in [4.78, 5) is 0. The minimum absolute atomic E-state index is 0.201. The molecule has 0 spiro atoms. The van der Waals surface area contributed by atoms with Gasteiger partial charge in [-0.05, 0) is 0 Å². The molecule has 3 aromatic carbocycles. The number of ether oxygens (including phenoxy) is 4. The zero-order valence-corrected chi connectivity index (χ0v) is 12.7. The summed E-state index contributed by atoms with van der Waals surface area (Å²) in [5.74, 6) is 1.61. The van der Waals surface area contributed by atoms with Crippen molar-refractivity contribution < 1.29 is 18.9 Å². The predicted molar refractivity (Wildman–Crippen MR) is 86.5 cm³/mol. The number of hydrogen-bond acceptors (Lipinski definition) is 4. The van der Waals surface area contributed by atoms with E-state index in [1.165, 1.54) is 0 Å². The Morgan fingerprint density at radius 2 is 0.909 bits per heavy atom. The van der Waals surface area contributed by atoms with Crippen LogP contribution in [0.5, 0.6) is 11.5 Å². The van der Waals surface area contributed by atoms with Gasteiger partial charge >= 0.3 is 0 Å². The first-order chi connectivity index (χ1) is 10.9. The van der Waals surface area contributed by atoms with Crippen molar-refractivity contribution in [3.63, 3.8) is 0 Å². The van der Waals surface area contributed by atoms with Gasteiger partial charge in [0, 0.05) is 35.8 Å². The van der Waals surface area contributed by atoms with Crippen LogP contribution in [-0.4, -0.2) is 27.8 Å². The highest BCUT2D eigenvalue weighted by Gasteiger charge is 2.15. The van der Waals surface area contributed by atoms with E-state index >= 15 is 0 Å². The van der Waals surface area contributed by atoms with Crippen LogP contribution in [0.25, 0.3) is 21.5 Å². The van der Waals surface area contributed by atoms with E-state index in [1.807, 2.05) is 48.5 Å². The van der Waals surface area contributed by atoms with E-state index in [9.17, 15) is 0 Å². The zero-order chi connectivity index (χ0) is 15.4. The highest BCUT2D eigenvalue weighted by Crippen LogP contribution is 2.42. The molecule has 0 aliphatic carbocycles. The van der Waals surface area contributed by atoms with Crippen LogP contribution >= 0.6 is 0 Å². The number of hydrogen-bond donors (Lipinski definition) is 0. The Labute approximate surface area is 129 Å². The Balaban J connectivity index is 2.32. The molecule has 0 saturated carbocycles. The molecule has 0 aliphatic rings. The van der Waals surface area contributed by atoms with Gasteiger partial charge in [0.15, 0.2) is 13.6 Å². The first-order valence-corrected chi connectivity index (χ1v) is 7.03. The topological polar surface area (TPSA) is 36.9 Å². The molecular formula is C18H18O4. The maximum absolute atomic E-state index is 5.83. The molecule has 4 nitrogen and oxygen atoms in total. The highest BCUT2D eigenvalue weighted by atomic mass is 16.7. The summed E-state index contributed by atoms with van der Waals surface area (Å²) in [6, 6.07) is 16.0. The van der Waals surface area contributed by atoms with E-state index in [0.29, 0.717) is 0 Å². The van der Waals surface area contributed by atoms with Crippen LogP contribution < -0.4 is 9.47 Å². The first kappa shape index (κ1) is 14.6. The van der Waals surface area contributed by atoms with Gasteiger partial charge in [-0.25, -0.2) is 0 Å². The van der Waals surface area contributed by atoms with E-state index < -0.39 is 0 Å². The van der Waals surface area contributed by atoms with E-state index in [2.05, 4.69) is 0 Å². The molecule has 0 N–H and O–H groups in total. The van der Waals surface area contributed by atoms with Crippen molar-refractivity contribution in [1.82, 2.24) is 0 Å². The molecule has 3 aromatic rings. The molecule has 22 heavy (non-hydrogen) atoms. The highest BCUT2D eigenvalue weighted by molar-refractivity contribution is 6.11. The Kier molecular flexibility index (Phi) is 4.42. The van der Waals surface area contributed by atoms with Crippen LogP contribution in [0.1, 0.15) is 0 Å². The molecular weight excluding hydrogens is 280 g/mol. The minimum atomic E-state index is 0.201. The van der Waals surface area contributed by atoms with Crippen molar-refractivity contribution in [3.05, 3.63) is 48.5 Å². The first-order valence-electron chi connectivity index (χ1n) is 7.03. The molecule has 0 unspecified atom stereocenters. The van der Waals surface area contributed by atoms with Crippen molar-refractivity contribution >= 4 is 21.5 Å². The average Bonchev–Trinajstić information content (AvgIpc) is 2.58. The summed E-state index contributed by atoms with van der Waals surface area (Å²) in [6.45, 7) is 0.401. The maximum atomic E-state index is 5.83. The smallest absolute Gasteiger partial charge is 0.188 e. The molecule has 0 saturated heterocycles. The third-order valence-electron chi connectivity index (χ3n) is 3.47. The van der Waals surface area contributed by atoms with Crippen LogP contribution in [0.2, 0.25) is 0 Å².